The predicted molar refractivity (Wildman–Crippen MR) is 116 cm³/mol. The molecule has 2 aliphatic rings. The molecule has 0 unspecified atom stereocenters. The summed E-state index contributed by atoms with van der Waals surface area (Å²) in [6, 6.07) is 4.37. The van der Waals surface area contributed by atoms with Gasteiger partial charge in [-0.25, -0.2) is 4.68 Å². The van der Waals surface area contributed by atoms with E-state index in [9.17, 15) is 5.11 Å². The first kappa shape index (κ1) is 19.9. The molecule has 1 aliphatic carbocycles. The molecule has 0 radical (unpaired) electrons. The Morgan fingerprint density at radius 2 is 2.20 bits per heavy atom. The van der Waals surface area contributed by atoms with Crippen molar-refractivity contribution in [3.63, 3.8) is 0 Å². The summed E-state index contributed by atoms with van der Waals surface area (Å²) in [6.45, 7) is 5.26. The lowest BCUT2D eigenvalue weighted by Crippen LogP contribution is -2.49. The lowest BCUT2D eigenvalue weighted by Gasteiger charge is -2.49. The zero-order valence-corrected chi connectivity index (χ0v) is 18.5. The first-order valence-electron chi connectivity index (χ1n) is 10.6. The van der Waals surface area contributed by atoms with Gasteiger partial charge >= 0.3 is 0 Å². The van der Waals surface area contributed by atoms with E-state index in [0.717, 1.165) is 58.9 Å². The third-order valence-electron chi connectivity index (χ3n) is 7.11. The Bertz CT molecular complexity index is 1080. The highest BCUT2D eigenvalue weighted by Crippen LogP contribution is 2.54. The summed E-state index contributed by atoms with van der Waals surface area (Å²) in [6.07, 6.45) is 6.28. The van der Waals surface area contributed by atoms with Crippen LogP contribution in [0.4, 0.5) is 0 Å². The summed E-state index contributed by atoms with van der Waals surface area (Å²) in [5.41, 5.74) is 1.50. The average molecular weight is 429 g/mol. The predicted octanol–water partition coefficient (Wildman–Crippen LogP) is 3.79. The molecule has 1 fully saturated rings. The molecule has 30 heavy (non-hydrogen) atoms. The van der Waals surface area contributed by atoms with E-state index in [2.05, 4.69) is 34.4 Å². The smallest absolute Gasteiger partial charge is 0.233 e. The molecule has 3 heterocycles. The van der Waals surface area contributed by atoms with Gasteiger partial charge in [0.15, 0.2) is 0 Å². The van der Waals surface area contributed by atoms with E-state index in [4.69, 9.17) is 9.47 Å². The molecule has 7 nitrogen and oxygen atoms in total. The highest BCUT2D eigenvalue weighted by atomic mass is 32.1. The standard InChI is InChI=1S/C22H28N4O3S/c1-4-22-7-6-21(27,13-28-3)11-16(22)5-8-29-19-10-18-15(9-17(19)22)12-23-26(18)20-25-24-14(2)30-20/h9-10,12,16,27H,4-8,11,13H2,1-3H3/t16-,21+,22+/m0/s1. The highest BCUT2D eigenvalue weighted by molar-refractivity contribution is 7.13. The molecule has 3 aromatic rings. The minimum atomic E-state index is -0.743. The third kappa shape index (κ3) is 3.04. The van der Waals surface area contributed by atoms with Crippen molar-refractivity contribution in [1.82, 2.24) is 20.0 Å². The van der Waals surface area contributed by atoms with Crippen LogP contribution in [0, 0.1) is 12.8 Å². The van der Waals surface area contributed by atoms with Crippen molar-refractivity contribution in [2.75, 3.05) is 20.3 Å². The third-order valence-corrected chi connectivity index (χ3v) is 7.93. The second-order valence-corrected chi connectivity index (χ2v) is 9.93. The first-order valence-corrected chi connectivity index (χ1v) is 11.5. The van der Waals surface area contributed by atoms with Gasteiger partial charge in [-0.1, -0.05) is 18.3 Å². The Labute approximate surface area is 180 Å². The van der Waals surface area contributed by atoms with Crippen LogP contribution in [0.3, 0.4) is 0 Å². The Balaban J connectivity index is 1.61. The van der Waals surface area contributed by atoms with Gasteiger partial charge in [-0.15, -0.1) is 10.2 Å². The van der Waals surface area contributed by atoms with Crippen molar-refractivity contribution in [2.24, 2.45) is 5.92 Å². The van der Waals surface area contributed by atoms with E-state index >= 15 is 0 Å². The summed E-state index contributed by atoms with van der Waals surface area (Å²) in [4.78, 5) is 0. The van der Waals surface area contributed by atoms with Gasteiger partial charge in [-0.3, -0.25) is 0 Å². The van der Waals surface area contributed by atoms with Crippen LogP contribution in [-0.4, -0.2) is 51.0 Å². The monoisotopic (exact) mass is 428 g/mol. The Morgan fingerprint density at radius 1 is 1.33 bits per heavy atom. The summed E-state index contributed by atoms with van der Waals surface area (Å²) in [5, 5.41) is 26.8. The van der Waals surface area contributed by atoms with Crippen LogP contribution in [0.2, 0.25) is 0 Å². The number of ether oxygens (including phenoxy) is 2. The van der Waals surface area contributed by atoms with Crippen LogP contribution in [0.5, 0.6) is 5.75 Å². The van der Waals surface area contributed by atoms with E-state index in [1.165, 1.54) is 16.9 Å². The molecule has 1 aliphatic heterocycles. The maximum Gasteiger partial charge on any atom is 0.233 e. The molecule has 160 valence electrons. The number of aryl methyl sites for hydroxylation is 1. The van der Waals surface area contributed by atoms with Gasteiger partial charge in [0.1, 0.15) is 10.8 Å². The van der Waals surface area contributed by atoms with Gasteiger partial charge in [-0.05, 0) is 51.0 Å². The lowest BCUT2D eigenvalue weighted by molar-refractivity contribution is -0.0903. The largest absolute Gasteiger partial charge is 0.493 e. The molecule has 1 aromatic carbocycles. The van der Waals surface area contributed by atoms with Crippen molar-refractivity contribution >= 4 is 22.2 Å². The fourth-order valence-corrected chi connectivity index (χ4v) is 6.26. The second-order valence-electron chi connectivity index (χ2n) is 8.77. The summed E-state index contributed by atoms with van der Waals surface area (Å²) >= 11 is 1.53. The molecule has 0 amide bonds. The molecule has 3 atom stereocenters. The summed E-state index contributed by atoms with van der Waals surface area (Å²) in [7, 11) is 1.67. The number of rotatable bonds is 4. The zero-order valence-electron chi connectivity index (χ0n) is 17.7. The highest BCUT2D eigenvalue weighted by Gasteiger charge is 2.50. The first-order chi connectivity index (χ1) is 14.5. The van der Waals surface area contributed by atoms with Crippen molar-refractivity contribution in [3.05, 3.63) is 28.9 Å². The molecule has 2 aromatic heterocycles. The van der Waals surface area contributed by atoms with Crippen molar-refractivity contribution < 1.29 is 14.6 Å². The molecule has 5 rings (SSSR count). The van der Waals surface area contributed by atoms with Gasteiger partial charge in [-0.2, -0.15) is 5.10 Å². The average Bonchev–Trinajstić information content (AvgIpc) is 3.30. The lowest BCUT2D eigenvalue weighted by atomic mass is 9.57. The van der Waals surface area contributed by atoms with E-state index < -0.39 is 5.60 Å². The Hall–Kier alpha value is -2.03. The van der Waals surface area contributed by atoms with Crippen molar-refractivity contribution in [2.45, 2.75) is 57.0 Å². The van der Waals surface area contributed by atoms with Gasteiger partial charge in [0.25, 0.3) is 0 Å². The molecular weight excluding hydrogens is 400 g/mol. The minimum absolute atomic E-state index is 0.00141. The van der Waals surface area contributed by atoms with Crippen LogP contribution in [0.15, 0.2) is 18.3 Å². The van der Waals surface area contributed by atoms with E-state index in [0.29, 0.717) is 19.1 Å². The molecule has 1 N–H and O–H groups in total. The van der Waals surface area contributed by atoms with E-state index in [1.54, 1.807) is 7.11 Å². The molecular formula is C22H28N4O3S. The number of aromatic nitrogens is 4. The van der Waals surface area contributed by atoms with Gasteiger partial charge in [0.05, 0.1) is 30.5 Å². The SMILES string of the molecule is CC[C@@]12CC[C@](O)(COC)C[C@@H]1CCOc1cc3c(cnn3-c3nnc(C)s3)cc12. The number of aliphatic hydroxyl groups is 1. The number of hydrogen-bond acceptors (Lipinski definition) is 7. The van der Waals surface area contributed by atoms with Gasteiger partial charge in [0, 0.05) is 29.5 Å². The van der Waals surface area contributed by atoms with Crippen molar-refractivity contribution in [3.8, 4) is 10.9 Å². The maximum absolute atomic E-state index is 11.1. The van der Waals surface area contributed by atoms with Gasteiger partial charge in [0.2, 0.25) is 5.13 Å². The zero-order chi connectivity index (χ0) is 20.9. The van der Waals surface area contributed by atoms with Crippen LogP contribution in [-0.2, 0) is 10.2 Å². The van der Waals surface area contributed by atoms with Crippen LogP contribution < -0.4 is 4.74 Å². The Kier molecular flexibility index (Phi) is 4.83. The normalized spacial score (nSPS) is 28.6. The number of hydrogen-bond donors (Lipinski definition) is 1. The second kappa shape index (κ2) is 7.28. The molecule has 0 bridgehead atoms. The summed E-state index contributed by atoms with van der Waals surface area (Å²) in [5.74, 6) is 1.29. The number of benzene rings is 1. The minimum Gasteiger partial charge on any atom is -0.493 e. The summed E-state index contributed by atoms with van der Waals surface area (Å²) < 4.78 is 13.5. The molecule has 0 spiro atoms. The topological polar surface area (TPSA) is 82.3 Å². The van der Waals surface area contributed by atoms with Crippen LogP contribution >= 0.6 is 11.3 Å². The fraction of sp³-hybridized carbons (Fsp3) is 0.591. The molecule has 1 saturated carbocycles. The number of nitrogens with zero attached hydrogens (tertiary/aromatic N) is 4. The van der Waals surface area contributed by atoms with E-state index in [-0.39, 0.29) is 5.41 Å². The van der Waals surface area contributed by atoms with Gasteiger partial charge < -0.3 is 14.6 Å². The van der Waals surface area contributed by atoms with Crippen LogP contribution in [0.25, 0.3) is 16.0 Å². The number of fused-ring (bicyclic) bond motifs is 4. The van der Waals surface area contributed by atoms with Crippen LogP contribution in [0.1, 0.15) is 49.6 Å². The molecule has 0 saturated heterocycles. The van der Waals surface area contributed by atoms with Crippen molar-refractivity contribution in [1.29, 1.82) is 0 Å². The number of methoxy groups -OCH3 is 1. The Morgan fingerprint density at radius 3 is 2.93 bits per heavy atom. The fourth-order valence-electron chi connectivity index (χ4n) is 5.60. The van der Waals surface area contributed by atoms with E-state index in [1.807, 2.05) is 17.8 Å². The quantitative estimate of drug-likeness (QED) is 0.681. The maximum atomic E-state index is 11.1. The molecule has 8 heteroatoms.